The first-order valence-electron chi connectivity index (χ1n) is 11.0. The summed E-state index contributed by atoms with van der Waals surface area (Å²) in [5.74, 6) is 1.87. The molecule has 0 radical (unpaired) electrons. The molecule has 31 heavy (non-hydrogen) atoms. The van der Waals surface area contributed by atoms with Crippen LogP contribution in [-0.4, -0.2) is 63.1 Å². The molecule has 160 valence electrons. The van der Waals surface area contributed by atoms with Gasteiger partial charge in [0.1, 0.15) is 0 Å². The molecule has 2 fully saturated rings. The summed E-state index contributed by atoms with van der Waals surface area (Å²) in [5, 5.41) is 4.26. The molecule has 4 heterocycles. The van der Waals surface area contributed by atoms with Crippen LogP contribution in [0.2, 0.25) is 0 Å². The van der Waals surface area contributed by atoms with E-state index >= 15 is 0 Å². The van der Waals surface area contributed by atoms with Crippen molar-refractivity contribution in [3.8, 4) is 11.4 Å². The third-order valence-electron chi connectivity index (χ3n) is 6.68. The average Bonchev–Trinajstić information content (AvgIpc) is 3.48. The van der Waals surface area contributed by atoms with Gasteiger partial charge in [-0.15, -0.1) is 0 Å². The molecule has 2 aliphatic rings. The smallest absolute Gasteiger partial charge is 0.232 e. The molecule has 2 aromatic heterocycles. The number of nitrogens with zero attached hydrogens (tertiary/aromatic N) is 5. The minimum atomic E-state index is 0.125. The van der Waals surface area contributed by atoms with Gasteiger partial charge in [-0.3, -0.25) is 14.7 Å². The maximum absolute atomic E-state index is 11.7. The molecule has 0 unspecified atom stereocenters. The number of carbonyl (C=O) groups excluding carboxylic acids is 1. The molecule has 2 aliphatic heterocycles. The van der Waals surface area contributed by atoms with E-state index in [1.165, 1.54) is 5.56 Å². The van der Waals surface area contributed by atoms with Gasteiger partial charge in [0.2, 0.25) is 17.6 Å². The lowest BCUT2D eigenvalue weighted by Gasteiger charge is -2.36. The monoisotopic (exact) mass is 417 g/mol. The predicted molar refractivity (Wildman–Crippen MR) is 116 cm³/mol. The number of hydrogen-bond donors (Lipinski definition) is 0. The van der Waals surface area contributed by atoms with Crippen LogP contribution < -0.4 is 0 Å². The van der Waals surface area contributed by atoms with Crippen LogP contribution in [0.15, 0.2) is 59.4 Å². The topological polar surface area (TPSA) is 75.4 Å². The summed E-state index contributed by atoms with van der Waals surface area (Å²) in [6.45, 7) is 5.13. The Morgan fingerprint density at radius 2 is 1.81 bits per heavy atom. The molecule has 0 N–H and O–H groups in total. The molecule has 2 atom stereocenters. The van der Waals surface area contributed by atoms with Crippen molar-refractivity contribution in [2.24, 2.45) is 0 Å². The lowest BCUT2D eigenvalue weighted by atomic mass is 9.90. The molecular weight excluding hydrogens is 390 g/mol. The fourth-order valence-electron chi connectivity index (χ4n) is 4.95. The highest BCUT2D eigenvalue weighted by atomic mass is 16.5. The molecule has 0 saturated carbocycles. The van der Waals surface area contributed by atoms with Crippen molar-refractivity contribution in [1.29, 1.82) is 0 Å². The zero-order valence-corrected chi connectivity index (χ0v) is 17.7. The second-order valence-corrected chi connectivity index (χ2v) is 8.51. The molecule has 1 aromatic carbocycles. The highest BCUT2D eigenvalue weighted by Crippen LogP contribution is 2.41. The van der Waals surface area contributed by atoms with Crippen LogP contribution in [0.5, 0.6) is 0 Å². The first-order chi connectivity index (χ1) is 15.2. The Hall–Kier alpha value is -3.06. The van der Waals surface area contributed by atoms with Gasteiger partial charge < -0.3 is 9.42 Å². The SMILES string of the molecule is CC(=O)N1CCC(N2C[C@@H](c3cccnc3)[C@H](c3nc(-c4ccccc4)no3)C2)CC1. The normalized spacial score (nSPS) is 22.7. The number of rotatable bonds is 4. The first kappa shape index (κ1) is 19.9. The molecule has 0 aliphatic carbocycles. The maximum Gasteiger partial charge on any atom is 0.232 e. The number of hydrogen-bond acceptors (Lipinski definition) is 6. The molecule has 3 aromatic rings. The standard InChI is InChI=1S/C24H27N5O2/c1-17(30)28-12-9-20(10-13-28)29-15-21(19-8-5-11-25-14-19)22(16-29)24-26-23(27-31-24)18-6-3-2-4-7-18/h2-8,11,14,20-22H,9-10,12-13,15-16H2,1H3/t21-,22+/m0/s1. The van der Waals surface area contributed by atoms with Crippen molar-refractivity contribution in [3.05, 3.63) is 66.3 Å². The van der Waals surface area contributed by atoms with E-state index in [0.717, 1.165) is 44.6 Å². The number of amides is 1. The zero-order chi connectivity index (χ0) is 21.2. The number of benzene rings is 1. The Morgan fingerprint density at radius 1 is 1.03 bits per heavy atom. The van der Waals surface area contributed by atoms with Crippen LogP contribution in [0, 0.1) is 0 Å². The number of likely N-dealkylation sites (tertiary alicyclic amines) is 2. The molecule has 0 bridgehead atoms. The molecule has 1 amide bonds. The van der Waals surface area contributed by atoms with Gasteiger partial charge in [0, 0.05) is 63.0 Å². The Bertz CT molecular complexity index is 1010. The second-order valence-electron chi connectivity index (χ2n) is 8.51. The van der Waals surface area contributed by atoms with E-state index in [9.17, 15) is 4.79 Å². The molecule has 0 spiro atoms. The van der Waals surface area contributed by atoms with Gasteiger partial charge >= 0.3 is 0 Å². The van der Waals surface area contributed by atoms with Crippen molar-refractivity contribution < 1.29 is 9.32 Å². The van der Waals surface area contributed by atoms with E-state index in [1.807, 2.05) is 53.7 Å². The summed E-state index contributed by atoms with van der Waals surface area (Å²) >= 11 is 0. The summed E-state index contributed by atoms with van der Waals surface area (Å²) in [6.07, 6.45) is 5.77. The van der Waals surface area contributed by atoms with Crippen LogP contribution in [0.25, 0.3) is 11.4 Å². The van der Waals surface area contributed by atoms with Crippen molar-refractivity contribution in [1.82, 2.24) is 24.9 Å². The van der Waals surface area contributed by atoms with Crippen LogP contribution in [-0.2, 0) is 4.79 Å². The van der Waals surface area contributed by atoms with E-state index in [0.29, 0.717) is 17.8 Å². The highest BCUT2D eigenvalue weighted by molar-refractivity contribution is 5.73. The van der Waals surface area contributed by atoms with Crippen LogP contribution in [0.3, 0.4) is 0 Å². The minimum Gasteiger partial charge on any atom is -0.343 e. The number of piperidine rings is 1. The van der Waals surface area contributed by atoms with Crippen LogP contribution in [0.4, 0.5) is 0 Å². The Morgan fingerprint density at radius 3 is 2.52 bits per heavy atom. The third kappa shape index (κ3) is 4.10. The fraction of sp³-hybridized carbons (Fsp3) is 0.417. The molecule has 7 heteroatoms. The molecule has 7 nitrogen and oxygen atoms in total. The van der Waals surface area contributed by atoms with Crippen molar-refractivity contribution in [2.75, 3.05) is 26.2 Å². The predicted octanol–water partition coefficient (Wildman–Crippen LogP) is 3.33. The Balaban J connectivity index is 1.39. The largest absolute Gasteiger partial charge is 0.343 e. The van der Waals surface area contributed by atoms with Gasteiger partial charge in [0.15, 0.2) is 0 Å². The molecular formula is C24H27N5O2. The average molecular weight is 418 g/mol. The van der Waals surface area contributed by atoms with Crippen LogP contribution >= 0.6 is 0 Å². The first-order valence-corrected chi connectivity index (χ1v) is 11.0. The summed E-state index contributed by atoms with van der Waals surface area (Å²) in [6, 6.07) is 14.5. The highest BCUT2D eigenvalue weighted by Gasteiger charge is 2.41. The van der Waals surface area contributed by atoms with Crippen molar-refractivity contribution >= 4 is 5.91 Å². The third-order valence-corrected chi connectivity index (χ3v) is 6.68. The molecule has 5 rings (SSSR count). The van der Waals surface area contributed by atoms with Gasteiger partial charge in [-0.25, -0.2) is 0 Å². The molecule has 2 saturated heterocycles. The lowest BCUT2D eigenvalue weighted by molar-refractivity contribution is -0.130. The van der Waals surface area contributed by atoms with E-state index in [1.54, 1.807) is 6.92 Å². The lowest BCUT2D eigenvalue weighted by Crippen LogP contribution is -2.45. The van der Waals surface area contributed by atoms with E-state index in [4.69, 9.17) is 9.51 Å². The summed E-state index contributed by atoms with van der Waals surface area (Å²) in [4.78, 5) is 25.3. The second kappa shape index (κ2) is 8.59. The number of pyridine rings is 1. The minimum absolute atomic E-state index is 0.125. The van der Waals surface area contributed by atoms with Gasteiger partial charge in [-0.1, -0.05) is 41.6 Å². The van der Waals surface area contributed by atoms with Gasteiger partial charge in [0.05, 0.1) is 5.92 Å². The zero-order valence-electron chi connectivity index (χ0n) is 17.7. The number of carbonyl (C=O) groups is 1. The summed E-state index contributed by atoms with van der Waals surface area (Å²) < 4.78 is 5.78. The van der Waals surface area contributed by atoms with E-state index < -0.39 is 0 Å². The van der Waals surface area contributed by atoms with Crippen molar-refractivity contribution in [2.45, 2.75) is 37.6 Å². The fourth-order valence-corrected chi connectivity index (χ4v) is 4.95. The van der Waals surface area contributed by atoms with Gasteiger partial charge in [0.25, 0.3) is 0 Å². The van der Waals surface area contributed by atoms with Crippen molar-refractivity contribution in [3.63, 3.8) is 0 Å². The Kier molecular flexibility index (Phi) is 5.51. The maximum atomic E-state index is 11.7. The number of aromatic nitrogens is 3. The van der Waals surface area contributed by atoms with Crippen LogP contribution in [0.1, 0.15) is 43.1 Å². The van der Waals surface area contributed by atoms with E-state index in [-0.39, 0.29) is 17.7 Å². The van der Waals surface area contributed by atoms with E-state index in [2.05, 4.69) is 21.1 Å². The quantitative estimate of drug-likeness (QED) is 0.648. The Labute approximate surface area is 182 Å². The summed E-state index contributed by atoms with van der Waals surface area (Å²) in [7, 11) is 0. The van der Waals surface area contributed by atoms with Gasteiger partial charge in [-0.05, 0) is 24.5 Å². The van der Waals surface area contributed by atoms with Gasteiger partial charge in [-0.2, -0.15) is 4.98 Å². The summed E-state index contributed by atoms with van der Waals surface area (Å²) in [5.41, 5.74) is 2.16.